The maximum absolute atomic E-state index is 10.8. The molecule has 0 aliphatic rings. The fourth-order valence-corrected chi connectivity index (χ4v) is 1.15. The lowest BCUT2D eigenvalue weighted by Gasteiger charge is -2.01. The molecule has 2 N–H and O–H groups in total. The minimum atomic E-state index is -1.17. The van der Waals surface area contributed by atoms with Crippen molar-refractivity contribution < 1.29 is 19.7 Å². The van der Waals surface area contributed by atoms with E-state index < -0.39 is 27.2 Å². The quantitative estimate of drug-likeness (QED) is 0.347. The maximum Gasteiger partial charge on any atom is 0.328 e. The maximum atomic E-state index is 10.8. The Labute approximate surface area is 111 Å². The van der Waals surface area contributed by atoms with Gasteiger partial charge in [0.2, 0.25) is 0 Å². The van der Waals surface area contributed by atoms with Gasteiger partial charge < -0.3 is 5.11 Å². The van der Waals surface area contributed by atoms with E-state index in [1.54, 1.807) is 0 Å². The highest BCUT2D eigenvalue weighted by Gasteiger charge is 2.18. The highest BCUT2D eigenvalue weighted by Crippen LogP contribution is 2.28. The first-order chi connectivity index (χ1) is 9.41. The lowest BCUT2D eigenvalue weighted by molar-refractivity contribution is -0.393. The van der Waals surface area contributed by atoms with Crippen LogP contribution in [-0.4, -0.2) is 27.1 Å². The highest BCUT2D eigenvalue weighted by molar-refractivity contribution is 5.86. The molecule has 10 heteroatoms. The van der Waals surface area contributed by atoms with Gasteiger partial charge in [0.05, 0.1) is 15.9 Å². The molecule has 0 radical (unpaired) electrons. The van der Waals surface area contributed by atoms with Crippen LogP contribution in [0.4, 0.5) is 17.1 Å². The number of carbonyl (C=O) groups is 1. The Morgan fingerprint density at radius 2 is 2.00 bits per heavy atom. The zero-order valence-corrected chi connectivity index (χ0v) is 9.79. The van der Waals surface area contributed by atoms with E-state index in [9.17, 15) is 25.0 Å². The van der Waals surface area contributed by atoms with Gasteiger partial charge in [0, 0.05) is 18.4 Å². The fourth-order valence-electron chi connectivity index (χ4n) is 1.15. The van der Waals surface area contributed by atoms with E-state index in [-0.39, 0.29) is 5.69 Å². The third kappa shape index (κ3) is 4.18. The topological polar surface area (TPSA) is 148 Å². The minimum absolute atomic E-state index is 0.0550. The van der Waals surface area contributed by atoms with Crippen molar-refractivity contribution in [1.29, 1.82) is 0 Å². The van der Waals surface area contributed by atoms with Gasteiger partial charge in [-0.3, -0.25) is 25.7 Å². The second kappa shape index (κ2) is 6.58. The number of carboxylic acids is 1. The summed E-state index contributed by atoms with van der Waals surface area (Å²) >= 11 is 0. The molecule has 0 saturated heterocycles. The molecule has 1 rings (SSSR count). The summed E-state index contributed by atoms with van der Waals surface area (Å²) in [6, 6.07) is 3.01. The number of hydrazone groups is 1. The highest BCUT2D eigenvalue weighted by atomic mass is 16.6. The monoisotopic (exact) mass is 280 g/mol. The number of hydrogen-bond acceptors (Lipinski definition) is 7. The summed E-state index contributed by atoms with van der Waals surface area (Å²) in [5, 5.41) is 33.1. The van der Waals surface area contributed by atoms with Gasteiger partial charge in [-0.25, -0.2) is 4.79 Å². The Kier molecular flexibility index (Phi) is 4.86. The lowest BCUT2D eigenvalue weighted by atomic mass is 10.2. The number of aliphatic carboxylic acids is 1. The molecule has 0 aliphatic carbocycles. The van der Waals surface area contributed by atoms with Gasteiger partial charge in [-0.1, -0.05) is 0 Å². The zero-order chi connectivity index (χ0) is 15.1. The van der Waals surface area contributed by atoms with Crippen LogP contribution in [0.1, 0.15) is 0 Å². The summed E-state index contributed by atoms with van der Waals surface area (Å²) in [4.78, 5) is 29.9. The third-order valence-electron chi connectivity index (χ3n) is 1.97. The molecule has 1 aromatic rings. The predicted molar refractivity (Wildman–Crippen MR) is 68.6 cm³/mol. The van der Waals surface area contributed by atoms with Crippen molar-refractivity contribution in [1.82, 2.24) is 0 Å². The third-order valence-corrected chi connectivity index (χ3v) is 1.97. The van der Waals surface area contributed by atoms with E-state index in [0.29, 0.717) is 0 Å². The molecule has 0 atom stereocenters. The molecule has 0 spiro atoms. The number of nitrogens with one attached hydrogen (secondary N) is 1. The molecule has 0 bridgehead atoms. The van der Waals surface area contributed by atoms with Crippen LogP contribution in [0, 0.1) is 20.2 Å². The first-order valence-electron chi connectivity index (χ1n) is 5.03. The number of anilines is 1. The molecule has 0 unspecified atom stereocenters. The summed E-state index contributed by atoms with van der Waals surface area (Å²) in [6.07, 6.45) is 2.99. The average Bonchev–Trinajstić information content (AvgIpc) is 2.37. The van der Waals surface area contributed by atoms with Gasteiger partial charge in [-0.2, -0.15) is 5.10 Å². The summed E-state index contributed by atoms with van der Waals surface area (Å²) in [7, 11) is 0. The van der Waals surface area contributed by atoms with Crippen molar-refractivity contribution in [3.05, 3.63) is 50.6 Å². The molecule has 0 heterocycles. The van der Waals surface area contributed by atoms with Gasteiger partial charge in [-0.05, 0) is 12.1 Å². The molecular formula is C10H8N4O6. The van der Waals surface area contributed by atoms with Gasteiger partial charge in [0.25, 0.3) is 5.69 Å². The van der Waals surface area contributed by atoms with Crippen LogP contribution < -0.4 is 5.43 Å². The second-order valence-electron chi connectivity index (χ2n) is 3.30. The van der Waals surface area contributed by atoms with E-state index in [4.69, 9.17) is 5.11 Å². The largest absolute Gasteiger partial charge is 0.478 e. The average molecular weight is 280 g/mol. The van der Waals surface area contributed by atoms with Crippen LogP contribution in [0.2, 0.25) is 0 Å². The van der Waals surface area contributed by atoms with E-state index in [1.165, 1.54) is 0 Å². The molecule has 0 fully saturated rings. The summed E-state index contributed by atoms with van der Waals surface area (Å²) in [6.45, 7) is 0. The Bertz CT molecular complexity index is 610. The number of benzene rings is 1. The zero-order valence-electron chi connectivity index (χ0n) is 9.79. The van der Waals surface area contributed by atoms with Gasteiger partial charge >= 0.3 is 11.7 Å². The Hall–Kier alpha value is -3.30. The van der Waals surface area contributed by atoms with Crippen LogP contribution in [0.25, 0.3) is 0 Å². The van der Waals surface area contributed by atoms with E-state index in [2.05, 4.69) is 10.5 Å². The number of nitrogens with zero attached hydrogens (tertiary/aromatic N) is 3. The van der Waals surface area contributed by atoms with Crippen LogP contribution in [-0.2, 0) is 4.79 Å². The van der Waals surface area contributed by atoms with Crippen molar-refractivity contribution in [3.63, 3.8) is 0 Å². The van der Waals surface area contributed by atoms with Gasteiger partial charge in [0.1, 0.15) is 5.69 Å². The smallest absolute Gasteiger partial charge is 0.328 e. The van der Waals surface area contributed by atoms with Gasteiger partial charge in [-0.15, -0.1) is 0 Å². The number of hydrogen-bond donors (Lipinski definition) is 2. The van der Waals surface area contributed by atoms with Crippen molar-refractivity contribution in [2.75, 3.05) is 5.43 Å². The van der Waals surface area contributed by atoms with Crippen LogP contribution >= 0.6 is 0 Å². The molecule has 20 heavy (non-hydrogen) atoms. The molecule has 0 aliphatic heterocycles. The number of carboxylic acid groups (broad SMARTS) is 1. The molecular weight excluding hydrogens is 272 g/mol. The number of nitro groups is 2. The molecule has 0 amide bonds. The van der Waals surface area contributed by atoms with Crippen molar-refractivity contribution >= 4 is 29.2 Å². The molecule has 0 aromatic heterocycles. The van der Waals surface area contributed by atoms with Crippen molar-refractivity contribution in [2.45, 2.75) is 0 Å². The van der Waals surface area contributed by atoms with E-state index in [1.807, 2.05) is 0 Å². The summed E-state index contributed by atoms with van der Waals surface area (Å²) in [5.41, 5.74) is 1.31. The standard InChI is InChI=1S/C10H8N4O6/c15-10(16)2-1-5-11-12-8-4-3-7(13(17)18)6-9(8)14(19)20/h1-6,12H,(H,15,16)/b2-1+,11-5+. The number of allylic oxidation sites excluding steroid dienone is 1. The van der Waals surface area contributed by atoms with E-state index in [0.717, 1.165) is 36.6 Å². The Morgan fingerprint density at radius 3 is 2.55 bits per heavy atom. The summed E-state index contributed by atoms with van der Waals surface area (Å²) in [5.74, 6) is -1.17. The number of rotatable bonds is 6. The van der Waals surface area contributed by atoms with Crippen molar-refractivity contribution in [3.8, 4) is 0 Å². The predicted octanol–water partition coefficient (Wildman–Crippen LogP) is 1.54. The Balaban J connectivity index is 2.92. The van der Waals surface area contributed by atoms with E-state index >= 15 is 0 Å². The molecule has 10 nitrogen and oxygen atoms in total. The first kappa shape index (κ1) is 14.8. The summed E-state index contributed by atoms with van der Waals surface area (Å²) < 4.78 is 0. The minimum Gasteiger partial charge on any atom is -0.478 e. The SMILES string of the molecule is O=C(O)/C=C/C=N/Nc1ccc([N+](=O)[O-])cc1[N+](=O)[O-]. The van der Waals surface area contributed by atoms with Gasteiger partial charge in [0.15, 0.2) is 0 Å². The molecule has 104 valence electrons. The lowest BCUT2D eigenvalue weighted by Crippen LogP contribution is -1.98. The first-order valence-corrected chi connectivity index (χ1v) is 5.03. The molecule has 0 saturated carbocycles. The van der Waals surface area contributed by atoms with Crippen LogP contribution in [0.3, 0.4) is 0 Å². The fraction of sp³-hybridized carbons (Fsp3) is 0. The molecule has 1 aromatic carbocycles. The number of non-ortho nitro benzene ring substituents is 1. The van der Waals surface area contributed by atoms with Crippen LogP contribution in [0.5, 0.6) is 0 Å². The van der Waals surface area contributed by atoms with Crippen LogP contribution in [0.15, 0.2) is 35.5 Å². The normalized spacial score (nSPS) is 10.8. The van der Waals surface area contributed by atoms with Crippen molar-refractivity contribution in [2.24, 2.45) is 5.10 Å². The number of nitro benzene ring substituents is 2. The Morgan fingerprint density at radius 1 is 1.30 bits per heavy atom. The second-order valence-corrected chi connectivity index (χ2v) is 3.30.